The number of carbonyl (C=O) groups excluding carboxylic acids is 2. The number of nitrogens with zero attached hydrogens (tertiary/aromatic N) is 1. The van der Waals surface area contributed by atoms with Gasteiger partial charge in [0.25, 0.3) is 11.5 Å². The Bertz CT molecular complexity index is 1030. The van der Waals surface area contributed by atoms with E-state index in [1.165, 1.54) is 0 Å². The SMILES string of the molecule is CC[C@@H](C)c1ccccc1NC(=O)COC(=O)CCc1c(C)[nH]c(=O)c(C#N)c1C. The highest BCUT2D eigenvalue weighted by Crippen LogP contribution is 2.26. The van der Waals surface area contributed by atoms with Gasteiger partial charge in [-0.05, 0) is 55.4 Å². The van der Waals surface area contributed by atoms with Crippen LogP contribution < -0.4 is 10.9 Å². The summed E-state index contributed by atoms with van der Waals surface area (Å²) in [6, 6.07) is 9.46. The van der Waals surface area contributed by atoms with Crippen molar-refractivity contribution < 1.29 is 14.3 Å². The third-order valence-electron chi connectivity index (χ3n) is 5.24. The predicted molar refractivity (Wildman–Crippen MR) is 114 cm³/mol. The topological polar surface area (TPSA) is 112 Å². The van der Waals surface area contributed by atoms with Crippen LogP contribution in [-0.4, -0.2) is 23.5 Å². The maximum Gasteiger partial charge on any atom is 0.306 e. The van der Waals surface area contributed by atoms with Crippen molar-refractivity contribution in [3.05, 3.63) is 62.6 Å². The lowest BCUT2D eigenvalue weighted by Gasteiger charge is -2.15. The van der Waals surface area contributed by atoms with Crippen LogP contribution in [0.25, 0.3) is 0 Å². The standard InChI is InChI=1S/C23H27N3O4/c1-5-14(2)17-8-6-7-9-20(17)26-21(27)13-30-22(28)11-10-18-15(3)19(12-24)23(29)25-16(18)4/h6-9,14H,5,10-11,13H2,1-4H3,(H,25,29)(H,26,27)/t14-/m1/s1. The summed E-state index contributed by atoms with van der Waals surface area (Å²) in [7, 11) is 0. The molecule has 0 fully saturated rings. The van der Waals surface area contributed by atoms with Crippen LogP contribution >= 0.6 is 0 Å². The zero-order chi connectivity index (χ0) is 22.3. The van der Waals surface area contributed by atoms with Crippen molar-refractivity contribution in [2.24, 2.45) is 0 Å². The molecule has 0 radical (unpaired) electrons. The molecule has 0 bridgehead atoms. The summed E-state index contributed by atoms with van der Waals surface area (Å²) in [4.78, 5) is 38.7. The fraction of sp³-hybridized carbons (Fsp3) is 0.391. The van der Waals surface area contributed by atoms with E-state index < -0.39 is 17.4 Å². The maximum absolute atomic E-state index is 12.2. The molecule has 158 valence electrons. The van der Waals surface area contributed by atoms with Gasteiger partial charge in [-0.15, -0.1) is 0 Å². The first-order chi connectivity index (χ1) is 14.3. The minimum atomic E-state index is -0.524. The third kappa shape index (κ3) is 5.57. The Kier molecular flexibility index (Phi) is 7.93. The van der Waals surface area contributed by atoms with Crippen LogP contribution in [0.2, 0.25) is 0 Å². The molecule has 0 saturated carbocycles. The van der Waals surface area contributed by atoms with E-state index in [0.717, 1.165) is 23.2 Å². The lowest BCUT2D eigenvalue weighted by atomic mass is 9.97. The number of anilines is 1. The largest absolute Gasteiger partial charge is 0.456 e. The summed E-state index contributed by atoms with van der Waals surface area (Å²) in [6.45, 7) is 7.20. The number of aryl methyl sites for hydroxylation is 1. The second-order valence-corrected chi connectivity index (χ2v) is 7.27. The van der Waals surface area contributed by atoms with Crippen molar-refractivity contribution >= 4 is 17.6 Å². The van der Waals surface area contributed by atoms with Crippen LogP contribution in [0.1, 0.15) is 60.6 Å². The average Bonchev–Trinajstić information content (AvgIpc) is 2.72. The molecule has 0 aliphatic rings. The van der Waals surface area contributed by atoms with Crippen LogP contribution in [0.3, 0.4) is 0 Å². The summed E-state index contributed by atoms with van der Waals surface area (Å²) >= 11 is 0. The second kappa shape index (κ2) is 10.4. The molecule has 1 amide bonds. The van der Waals surface area contributed by atoms with Crippen molar-refractivity contribution in [1.82, 2.24) is 4.98 Å². The molecule has 0 saturated heterocycles. The molecule has 0 spiro atoms. The van der Waals surface area contributed by atoms with Crippen molar-refractivity contribution in [2.45, 2.75) is 52.9 Å². The number of para-hydroxylation sites is 1. The summed E-state index contributed by atoms with van der Waals surface area (Å²) in [6.07, 6.45) is 1.29. The van der Waals surface area contributed by atoms with E-state index in [9.17, 15) is 14.4 Å². The Labute approximate surface area is 176 Å². The number of rotatable bonds is 8. The Morgan fingerprint density at radius 2 is 1.97 bits per heavy atom. The number of benzene rings is 1. The first kappa shape index (κ1) is 22.9. The van der Waals surface area contributed by atoms with Gasteiger partial charge in [-0.3, -0.25) is 14.4 Å². The van der Waals surface area contributed by atoms with E-state index in [0.29, 0.717) is 23.6 Å². The number of hydrogen-bond donors (Lipinski definition) is 2. The predicted octanol–water partition coefficient (Wildman–Crippen LogP) is 3.49. The van der Waals surface area contributed by atoms with Crippen LogP contribution in [0.4, 0.5) is 5.69 Å². The van der Waals surface area contributed by atoms with Gasteiger partial charge in [0.2, 0.25) is 0 Å². The lowest BCUT2D eigenvalue weighted by molar-refractivity contribution is -0.147. The van der Waals surface area contributed by atoms with Gasteiger partial charge in [-0.25, -0.2) is 0 Å². The van der Waals surface area contributed by atoms with E-state index in [4.69, 9.17) is 10.00 Å². The van der Waals surface area contributed by atoms with Gasteiger partial charge in [0.1, 0.15) is 11.6 Å². The smallest absolute Gasteiger partial charge is 0.306 e. The number of pyridine rings is 1. The highest BCUT2D eigenvalue weighted by molar-refractivity contribution is 5.93. The average molecular weight is 409 g/mol. The molecule has 7 heteroatoms. The molecule has 0 aliphatic carbocycles. The highest BCUT2D eigenvalue weighted by atomic mass is 16.5. The Morgan fingerprint density at radius 3 is 2.63 bits per heavy atom. The third-order valence-corrected chi connectivity index (χ3v) is 5.24. The highest BCUT2D eigenvalue weighted by Gasteiger charge is 2.15. The molecule has 1 atom stereocenters. The van der Waals surface area contributed by atoms with E-state index >= 15 is 0 Å². The summed E-state index contributed by atoms with van der Waals surface area (Å²) in [5, 5.41) is 11.9. The Morgan fingerprint density at radius 1 is 1.27 bits per heavy atom. The Hall–Kier alpha value is -3.40. The van der Waals surface area contributed by atoms with Crippen LogP contribution in [0.15, 0.2) is 29.1 Å². The summed E-state index contributed by atoms with van der Waals surface area (Å²) in [5.41, 5.74) is 3.27. The molecule has 2 rings (SSSR count). The van der Waals surface area contributed by atoms with Gasteiger partial charge in [0, 0.05) is 17.8 Å². The van der Waals surface area contributed by atoms with Crippen LogP contribution in [0, 0.1) is 25.2 Å². The zero-order valence-corrected chi connectivity index (χ0v) is 17.8. The van der Waals surface area contributed by atoms with Gasteiger partial charge in [0.15, 0.2) is 6.61 Å². The van der Waals surface area contributed by atoms with Gasteiger partial charge < -0.3 is 15.0 Å². The van der Waals surface area contributed by atoms with Crippen molar-refractivity contribution in [2.75, 3.05) is 11.9 Å². The first-order valence-electron chi connectivity index (χ1n) is 9.95. The normalized spacial score (nSPS) is 11.4. The van der Waals surface area contributed by atoms with Gasteiger partial charge in [-0.2, -0.15) is 5.26 Å². The van der Waals surface area contributed by atoms with Crippen molar-refractivity contribution in [3.8, 4) is 6.07 Å². The van der Waals surface area contributed by atoms with Crippen LogP contribution in [0.5, 0.6) is 0 Å². The molecule has 2 N–H and O–H groups in total. The molecule has 1 aromatic carbocycles. The molecule has 1 heterocycles. The molecular formula is C23H27N3O4. The molecule has 2 aromatic rings. The zero-order valence-electron chi connectivity index (χ0n) is 17.8. The Balaban J connectivity index is 1.93. The van der Waals surface area contributed by atoms with E-state index in [2.05, 4.69) is 24.1 Å². The van der Waals surface area contributed by atoms with Crippen molar-refractivity contribution in [1.29, 1.82) is 5.26 Å². The molecule has 1 aromatic heterocycles. The number of hydrogen-bond acceptors (Lipinski definition) is 5. The minimum Gasteiger partial charge on any atom is -0.456 e. The first-order valence-corrected chi connectivity index (χ1v) is 9.95. The van der Waals surface area contributed by atoms with E-state index in [1.54, 1.807) is 13.8 Å². The van der Waals surface area contributed by atoms with Gasteiger partial charge >= 0.3 is 5.97 Å². The van der Waals surface area contributed by atoms with Crippen molar-refractivity contribution in [3.63, 3.8) is 0 Å². The summed E-state index contributed by atoms with van der Waals surface area (Å²) in [5.74, 6) is -0.628. The van der Waals surface area contributed by atoms with Gasteiger partial charge in [0.05, 0.1) is 0 Å². The molecule has 0 unspecified atom stereocenters. The summed E-state index contributed by atoms with van der Waals surface area (Å²) < 4.78 is 5.10. The molecule has 0 aliphatic heterocycles. The fourth-order valence-electron chi connectivity index (χ4n) is 3.31. The van der Waals surface area contributed by atoms with Gasteiger partial charge in [-0.1, -0.05) is 32.0 Å². The number of H-pyrrole nitrogens is 1. The fourth-order valence-corrected chi connectivity index (χ4v) is 3.31. The number of ether oxygens (including phenoxy) is 1. The number of amides is 1. The number of carbonyl (C=O) groups is 2. The second-order valence-electron chi connectivity index (χ2n) is 7.27. The van der Waals surface area contributed by atoms with E-state index in [1.807, 2.05) is 30.3 Å². The number of esters is 1. The minimum absolute atomic E-state index is 0.0370. The van der Waals surface area contributed by atoms with Crippen LogP contribution in [-0.2, 0) is 20.7 Å². The molecular weight excluding hydrogens is 382 g/mol. The number of nitrogens with one attached hydrogen (secondary N) is 2. The quantitative estimate of drug-likeness (QED) is 0.648. The number of aromatic nitrogens is 1. The molecule has 7 nitrogen and oxygen atoms in total. The maximum atomic E-state index is 12.2. The lowest BCUT2D eigenvalue weighted by Crippen LogP contribution is -2.22. The number of nitriles is 1. The number of aromatic amines is 1. The van der Waals surface area contributed by atoms with E-state index in [-0.39, 0.29) is 18.6 Å². The molecule has 30 heavy (non-hydrogen) atoms. The monoisotopic (exact) mass is 409 g/mol.